The van der Waals surface area contributed by atoms with E-state index in [0.29, 0.717) is 23.1 Å². The zero-order valence-electron chi connectivity index (χ0n) is 22.1. The number of carbonyl (C=O) groups excluding carboxylic acids is 3. The molecule has 0 heterocycles. The fraction of sp³-hybridized carbons (Fsp3) is 0.344. The summed E-state index contributed by atoms with van der Waals surface area (Å²) < 4.78 is 17.5. The molecule has 3 aromatic carbocycles. The van der Waals surface area contributed by atoms with Crippen molar-refractivity contribution in [2.45, 2.75) is 51.6 Å². The van der Waals surface area contributed by atoms with Crippen molar-refractivity contribution < 1.29 is 28.6 Å². The van der Waals surface area contributed by atoms with Crippen LogP contribution in [-0.4, -0.2) is 36.7 Å². The van der Waals surface area contributed by atoms with Crippen molar-refractivity contribution in [3.8, 4) is 0 Å². The molecular formula is C32H36O6. The molecule has 0 bridgehead atoms. The lowest BCUT2D eigenvalue weighted by Crippen LogP contribution is -2.47. The number of esters is 3. The molecule has 0 radical (unpaired) electrons. The van der Waals surface area contributed by atoms with E-state index in [4.69, 9.17) is 14.2 Å². The van der Waals surface area contributed by atoms with Crippen LogP contribution in [0.15, 0.2) is 91.0 Å². The third-order valence-electron chi connectivity index (χ3n) is 6.47. The van der Waals surface area contributed by atoms with E-state index in [0.717, 1.165) is 25.7 Å². The Morgan fingerprint density at radius 2 is 1.08 bits per heavy atom. The van der Waals surface area contributed by atoms with Gasteiger partial charge in [0.15, 0.2) is 5.60 Å². The van der Waals surface area contributed by atoms with Crippen LogP contribution in [0.3, 0.4) is 0 Å². The van der Waals surface area contributed by atoms with Gasteiger partial charge in [0, 0.05) is 0 Å². The number of ether oxygens (including phenoxy) is 3. The van der Waals surface area contributed by atoms with Crippen LogP contribution in [0.4, 0.5) is 0 Å². The summed E-state index contributed by atoms with van der Waals surface area (Å²) in [5.41, 5.74) is -0.233. The van der Waals surface area contributed by atoms with Crippen molar-refractivity contribution in [2.75, 3.05) is 13.2 Å². The predicted octanol–water partition coefficient (Wildman–Crippen LogP) is 6.90. The van der Waals surface area contributed by atoms with Gasteiger partial charge in [0.25, 0.3) is 0 Å². The molecule has 200 valence electrons. The van der Waals surface area contributed by atoms with Gasteiger partial charge in [0.2, 0.25) is 0 Å². The minimum Gasteiger partial charge on any atom is -0.458 e. The van der Waals surface area contributed by atoms with Crippen molar-refractivity contribution in [3.63, 3.8) is 0 Å². The lowest BCUT2D eigenvalue weighted by atomic mass is 9.86. The van der Waals surface area contributed by atoms with Crippen molar-refractivity contribution in [1.29, 1.82) is 0 Å². The van der Waals surface area contributed by atoms with Gasteiger partial charge < -0.3 is 14.2 Å². The third kappa shape index (κ3) is 8.58. The zero-order chi connectivity index (χ0) is 27.2. The lowest BCUT2D eigenvalue weighted by Gasteiger charge is -2.35. The topological polar surface area (TPSA) is 78.9 Å². The molecule has 0 aromatic heterocycles. The highest BCUT2D eigenvalue weighted by molar-refractivity contribution is 5.91. The Kier molecular flexibility index (Phi) is 11.1. The second kappa shape index (κ2) is 14.7. The van der Waals surface area contributed by atoms with Gasteiger partial charge in [0.1, 0.15) is 13.2 Å². The summed E-state index contributed by atoms with van der Waals surface area (Å²) >= 11 is 0. The second-order valence-electron chi connectivity index (χ2n) is 9.44. The lowest BCUT2D eigenvalue weighted by molar-refractivity contribution is -0.0961. The molecule has 0 spiro atoms. The maximum atomic E-state index is 13.3. The van der Waals surface area contributed by atoms with Gasteiger partial charge in [-0.2, -0.15) is 0 Å². The molecular weight excluding hydrogens is 480 g/mol. The van der Waals surface area contributed by atoms with Crippen molar-refractivity contribution in [2.24, 2.45) is 5.92 Å². The Morgan fingerprint density at radius 3 is 1.47 bits per heavy atom. The third-order valence-corrected chi connectivity index (χ3v) is 6.47. The van der Waals surface area contributed by atoms with Crippen molar-refractivity contribution in [1.82, 2.24) is 0 Å². The van der Waals surface area contributed by atoms with E-state index in [9.17, 15) is 14.4 Å². The van der Waals surface area contributed by atoms with Gasteiger partial charge in [-0.1, -0.05) is 94.1 Å². The molecule has 3 rings (SSSR count). The molecule has 6 heteroatoms. The molecule has 0 amide bonds. The second-order valence-corrected chi connectivity index (χ2v) is 9.44. The number of hydrogen-bond acceptors (Lipinski definition) is 6. The van der Waals surface area contributed by atoms with E-state index in [1.165, 1.54) is 0 Å². The summed E-state index contributed by atoms with van der Waals surface area (Å²) in [5.74, 6) is -1.48. The molecule has 38 heavy (non-hydrogen) atoms. The molecule has 1 unspecified atom stereocenters. The monoisotopic (exact) mass is 516 g/mol. The highest BCUT2D eigenvalue weighted by atomic mass is 16.6. The van der Waals surface area contributed by atoms with Crippen molar-refractivity contribution in [3.05, 3.63) is 108 Å². The van der Waals surface area contributed by atoms with E-state index >= 15 is 0 Å². The van der Waals surface area contributed by atoms with Crippen molar-refractivity contribution >= 4 is 17.9 Å². The van der Waals surface area contributed by atoms with Gasteiger partial charge in [0.05, 0.1) is 16.7 Å². The number of carbonyl (C=O) groups is 3. The van der Waals surface area contributed by atoms with Crippen LogP contribution in [0.1, 0.15) is 77.0 Å². The van der Waals surface area contributed by atoms with Gasteiger partial charge >= 0.3 is 17.9 Å². The van der Waals surface area contributed by atoms with E-state index in [-0.39, 0.29) is 19.1 Å². The minimum absolute atomic E-state index is 0.171. The summed E-state index contributed by atoms with van der Waals surface area (Å²) in [6.07, 6.45) is 4.17. The average Bonchev–Trinajstić information content (AvgIpc) is 2.98. The van der Waals surface area contributed by atoms with Crippen LogP contribution in [0.5, 0.6) is 0 Å². The number of hydrogen-bond donors (Lipinski definition) is 0. The van der Waals surface area contributed by atoms with E-state index in [1.54, 1.807) is 72.8 Å². The van der Waals surface area contributed by atoms with Crippen LogP contribution in [0.2, 0.25) is 0 Å². The van der Waals surface area contributed by atoms with Gasteiger partial charge in [-0.3, -0.25) is 0 Å². The Balaban J connectivity index is 1.91. The molecule has 6 nitrogen and oxygen atoms in total. The minimum atomic E-state index is -1.36. The normalized spacial score (nSPS) is 11.8. The van der Waals surface area contributed by atoms with Crippen LogP contribution >= 0.6 is 0 Å². The van der Waals surface area contributed by atoms with Gasteiger partial charge in [-0.05, 0) is 48.7 Å². The number of rotatable bonds is 14. The van der Waals surface area contributed by atoms with E-state index in [2.05, 4.69) is 13.8 Å². The predicted molar refractivity (Wildman–Crippen MR) is 146 cm³/mol. The molecule has 0 fully saturated rings. The highest BCUT2D eigenvalue weighted by Crippen LogP contribution is 2.30. The molecule has 0 N–H and O–H groups in total. The summed E-state index contributed by atoms with van der Waals surface area (Å²) in [6, 6.07) is 25.9. The maximum Gasteiger partial charge on any atom is 0.338 e. The molecule has 0 saturated carbocycles. The smallest absolute Gasteiger partial charge is 0.338 e. The zero-order valence-corrected chi connectivity index (χ0v) is 22.1. The standard InChI is InChI=1S/C32H36O6/c1-3-5-15-25(4-2)22-32(38-31(35)28-20-13-8-14-21-28,23-36-29(33)26-16-9-6-10-17-26)24-37-30(34)27-18-11-7-12-19-27/h6-14,16-21,25H,3-5,15,22-24H2,1-2H3. The Bertz CT molecular complexity index is 1090. The first-order valence-electron chi connectivity index (χ1n) is 13.2. The first-order valence-corrected chi connectivity index (χ1v) is 13.2. The largest absolute Gasteiger partial charge is 0.458 e. The summed E-state index contributed by atoms with van der Waals surface area (Å²) in [5, 5.41) is 0. The molecule has 0 aliphatic rings. The summed E-state index contributed by atoms with van der Waals surface area (Å²) in [4.78, 5) is 39.0. The SMILES string of the molecule is CCCCC(CC)CC(COC(=O)c1ccccc1)(COC(=O)c1ccccc1)OC(=O)c1ccccc1. The number of benzene rings is 3. The van der Waals surface area contributed by atoms with E-state index in [1.807, 2.05) is 18.2 Å². The first-order chi connectivity index (χ1) is 18.5. The molecule has 0 aliphatic carbocycles. The highest BCUT2D eigenvalue weighted by Gasteiger charge is 2.40. The van der Waals surface area contributed by atoms with Gasteiger partial charge in [-0.15, -0.1) is 0 Å². The summed E-state index contributed by atoms with van der Waals surface area (Å²) in [6.45, 7) is 3.71. The fourth-order valence-electron chi connectivity index (χ4n) is 4.27. The Morgan fingerprint density at radius 1 is 0.658 bits per heavy atom. The molecule has 0 saturated heterocycles. The molecule has 1 atom stereocenters. The Labute approximate surface area is 224 Å². The van der Waals surface area contributed by atoms with Crippen LogP contribution in [0.25, 0.3) is 0 Å². The van der Waals surface area contributed by atoms with Crippen LogP contribution in [0, 0.1) is 5.92 Å². The number of unbranched alkanes of at least 4 members (excludes halogenated alkanes) is 1. The molecule has 0 aliphatic heterocycles. The average molecular weight is 517 g/mol. The summed E-state index contributed by atoms with van der Waals surface area (Å²) in [7, 11) is 0. The van der Waals surface area contributed by atoms with E-state index < -0.39 is 23.5 Å². The first kappa shape index (κ1) is 28.6. The Hall–Kier alpha value is -3.93. The van der Waals surface area contributed by atoms with Crippen LogP contribution in [-0.2, 0) is 14.2 Å². The van der Waals surface area contributed by atoms with Crippen LogP contribution < -0.4 is 0 Å². The van der Waals surface area contributed by atoms with Gasteiger partial charge in [-0.25, -0.2) is 14.4 Å². The maximum absolute atomic E-state index is 13.3. The quantitative estimate of drug-likeness (QED) is 0.171. The fourth-order valence-corrected chi connectivity index (χ4v) is 4.27. The molecule has 3 aromatic rings.